The first-order valence-electron chi connectivity index (χ1n) is 7.72. The second-order valence-electron chi connectivity index (χ2n) is 5.50. The third-order valence-electron chi connectivity index (χ3n) is 3.59. The summed E-state index contributed by atoms with van der Waals surface area (Å²) in [4.78, 5) is 16.3. The van der Waals surface area contributed by atoms with Gasteiger partial charge >= 0.3 is 0 Å². The van der Waals surface area contributed by atoms with Gasteiger partial charge in [0.1, 0.15) is 5.75 Å². The van der Waals surface area contributed by atoms with Crippen LogP contribution in [-0.2, 0) is 0 Å². The molecule has 0 aliphatic heterocycles. The lowest BCUT2D eigenvalue weighted by Crippen LogP contribution is -2.39. The number of amides is 1. The van der Waals surface area contributed by atoms with Crippen LogP contribution >= 0.6 is 0 Å². The molecule has 1 aromatic rings. The largest absolute Gasteiger partial charge is 0.507 e. The van der Waals surface area contributed by atoms with E-state index < -0.39 is 0 Å². The minimum Gasteiger partial charge on any atom is -0.507 e. The molecule has 2 unspecified atom stereocenters. The summed E-state index contributed by atoms with van der Waals surface area (Å²) in [6.45, 7) is 5.93. The fourth-order valence-electron chi connectivity index (χ4n) is 2.12. The number of nitrogens with one attached hydrogen (secondary N) is 3. The van der Waals surface area contributed by atoms with E-state index >= 15 is 0 Å². The lowest BCUT2D eigenvalue weighted by atomic mass is 10.2. The summed E-state index contributed by atoms with van der Waals surface area (Å²) in [5.74, 6) is 1.18. The van der Waals surface area contributed by atoms with Crippen molar-refractivity contribution in [2.24, 2.45) is 10.9 Å². The van der Waals surface area contributed by atoms with Gasteiger partial charge in [-0.3, -0.25) is 9.79 Å². The molecule has 4 N–H and O–H groups in total. The molecule has 1 aliphatic carbocycles. The van der Waals surface area contributed by atoms with E-state index in [-0.39, 0.29) is 17.2 Å². The third kappa shape index (κ3) is 4.65. The van der Waals surface area contributed by atoms with Gasteiger partial charge in [-0.05, 0) is 31.4 Å². The summed E-state index contributed by atoms with van der Waals surface area (Å²) in [6, 6.07) is 7.00. The Morgan fingerprint density at radius 2 is 2.09 bits per heavy atom. The summed E-state index contributed by atoms with van der Waals surface area (Å²) >= 11 is 0. The maximum atomic E-state index is 11.9. The Kier molecular flexibility index (Phi) is 5.63. The van der Waals surface area contributed by atoms with Crippen LogP contribution in [0.5, 0.6) is 5.75 Å². The molecular weight excluding hydrogens is 280 g/mol. The lowest BCUT2D eigenvalue weighted by Gasteiger charge is -2.11. The fourth-order valence-corrected chi connectivity index (χ4v) is 2.12. The average Bonchev–Trinajstić information content (AvgIpc) is 3.19. The minimum absolute atomic E-state index is 0.0128. The van der Waals surface area contributed by atoms with Gasteiger partial charge in [-0.2, -0.15) is 0 Å². The van der Waals surface area contributed by atoms with Crippen LogP contribution in [0.15, 0.2) is 29.3 Å². The normalized spacial score (nSPS) is 20.4. The fraction of sp³-hybridized carbons (Fsp3) is 0.500. The Morgan fingerprint density at radius 3 is 2.73 bits per heavy atom. The number of hydrogen-bond acceptors (Lipinski definition) is 3. The highest BCUT2D eigenvalue weighted by molar-refractivity contribution is 5.96. The van der Waals surface area contributed by atoms with E-state index in [2.05, 4.69) is 27.9 Å². The van der Waals surface area contributed by atoms with E-state index in [1.54, 1.807) is 18.2 Å². The Morgan fingerprint density at radius 1 is 1.36 bits per heavy atom. The van der Waals surface area contributed by atoms with Crippen LogP contribution in [0.2, 0.25) is 0 Å². The van der Waals surface area contributed by atoms with Gasteiger partial charge in [-0.25, -0.2) is 0 Å². The van der Waals surface area contributed by atoms with Crippen LogP contribution in [0.25, 0.3) is 0 Å². The summed E-state index contributed by atoms with van der Waals surface area (Å²) in [5.41, 5.74) is 0.281. The number of hydrogen-bond donors (Lipinski definition) is 4. The summed E-state index contributed by atoms with van der Waals surface area (Å²) in [6.07, 6.45) is 1.18. The molecule has 0 radical (unpaired) electrons. The van der Waals surface area contributed by atoms with Gasteiger partial charge in [-0.15, -0.1) is 0 Å². The second kappa shape index (κ2) is 7.68. The van der Waals surface area contributed by atoms with Crippen molar-refractivity contribution in [1.29, 1.82) is 0 Å². The third-order valence-corrected chi connectivity index (χ3v) is 3.59. The van der Waals surface area contributed by atoms with E-state index in [4.69, 9.17) is 0 Å². The molecule has 22 heavy (non-hydrogen) atoms. The molecule has 2 rings (SSSR count). The number of rotatable bonds is 6. The molecule has 0 bridgehead atoms. The number of aliphatic imine (C=N–C) groups is 1. The first-order valence-corrected chi connectivity index (χ1v) is 7.72. The van der Waals surface area contributed by atoms with Crippen molar-refractivity contribution >= 4 is 11.9 Å². The summed E-state index contributed by atoms with van der Waals surface area (Å²) < 4.78 is 0. The SMILES string of the molecule is CCNC(=NCCNC(=O)c1ccccc1O)NC1CC1C. The van der Waals surface area contributed by atoms with Gasteiger partial charge in [0.05, 0.1) is 12.1 Å². The first-order chi connectivity index (χ1) is 10.6. The Hall–Kier alpha value is -2.24. The molecule has 6 nitrogen and oxygen atoms in total. The van der Waals surface area contributed by atoms with Crippen molar-refractivity contribution in [2.45, 2.75) is 26.3 Å². The van der Waals surface area contributed by atoms with Gasteiger partial charge in [0.2, 0.25) is 0 Å². The smallest absolute Gasteiger partial charge is 0.255 e. The van der Waals surface area contributed by atoms with Crippen LogP contribution < -0.4 is 16.0 Å². The number of benzene rings is 1. The van der Waals surface area contributed by atoms with Crippen molar-refractivity contribution in [3.63, 3.8) is 0 Å². The number of para-hydroxylation sites is 1. The predicted octanol–water partition coefficient (Wildman–Crippen LogP) is 1.09. The van der Waals surface area contributed by atoms with Crippen molar-refractivity contribution in [1.82, 2.24) is 16.0 Å². The minimum atomic E-state index is -0.290. The van der Waals surface area contributed by atoms with E-state index in [0.717, 1.165) is 12.5 Å². The lowest BCUT2D eigenvalue weighted by molar-refractivity contribution is 0.0952. The number of guanidine groups is 1. The zero-order chi connectivity index (χ0) is 15.9. The quantitative estimate of drug-likeness (QED) is 0.360. The maximum absolute atomic E-state index is 11.9. The van der Waals surface area contributed by atoms with Gasteiger partial charge in [0.15, 0.2) is 5.96 Å². The van der Waals surface area contributed by atoms with Crippen molar-refractivity contribution in [3.05, 3.63) is 29.8 Å². The van der Waals surface area contributed by atoms with Crippen molar-refractivity contribution in [2.75, 3.05) is 19.6 Å². The van der Waals surface area contributed by atoms with E-state index in [9.17, 15) is 9.90 Å². The Balaban J connectivity index is 1.77. The molecule has 0 spiro atoms. The molecule has 1 amide bonds. The number of phenols is 1. The number of carbonyl (C=O) groups excluding carboxylic acids is 1. The predicted molar refractivity (Wildman–Crippen MR) is 87.1 cm³/mol. The molecule has 1 fully saturated rings. The van der Waals surface area contributed by atoms with Crippen LogP contribution in [0, 0.1) is 5.92 Å². The molecule has 0 saturated heterocycles. The number of phenolic OH excluding ortho intramolecular Hbond substituents is 1. The zero-order valence-electron chi connectivity index (χ0n) is 13.1. The van der Waals surface area contributed by atoms with Crippen LogP contribution in [0.1, 0.15) is 30.6 Å². The van der Waals surface area contributed by atoms with Gasteiger partial charge in [0.25, 0.3) is 5.91 Å². The van der Waals surface area contributed by atoms with E-state index in [1.807, 2.05) is 6.92 Å². The van der Waals surface area contributed by atoms with E-state index in [1.165, 1.54) is 12.5 Å². The molecule has 2 atom stereocenters. The standard InChI is InChI=1S/C16H24N4O2/c1-3-17-16(20-13-10-11(13)2)19-9-8-18-15(22)12-6-4-5-7-14(12)21/h4-7,11,13,21H,3,8-10H2,1-2H3,(H,18,22)(H2,17,19,20). The molecule has 1 saturated carbocycles. The van der Waals surface area contributed by atoms with E-state index in [0.29, 0.717) is 25.0 Å². The maximum Gasteiger partial charge on any atom is 0.255 e. The highest BCUT2D eigenvalue weighted by Gasteiger charge is 2.33. The molecule has 1 aromatic carbocycles. The van der Waals surface area contributed by atoms with Gasteiger partial charge in [0, 0.05) is 19.1 Å². The van der Waals surface area contributed by atoms with Crippen LogP contribution in [0.4, 0.5) is 0 Å². The molecule has 6 heteroatoms. The molecule has 1 aliphatic rings. The first kappa shape index (κ1) is 16.1. The zero-order valence-corrected chi connectivity index (χ0v) is 13.1. The van der Waals surface area contributed by atoms with Crippen molar-refractivity contribution < 1.29 is 9.90 Å². The number of carbonyl (C=O) groups is 1. The monoisotopic (exact) mass is 304 g/mol. The van der Waals surface area contributed by atoms with Crippen molar-refractivity contribution in [3.8, 4) is 5.75 Å². The summed E-state index contributed by atoms with van der Waals surface area (Å²) in [7, 11) is 0. The highest BCUT2D eigenvalue weighted by atomic mass is 16.3. The molecule has 0 heterocycles. The second-order valence-corrected chi connectivity index (χ2v) is 5.50. The van der Waals surface area contributed by atoms with Gasteiger partial charge in [-0.1, -0.05) is 19.1 Å². The summed E-state index contributed by atoms with van der Waals surface area (Å²) in [5, 5.41) is 18.9. The number of aromatic hydroxyl groups is 1. The highest BCUT2D eigenvalue weighted by Crippen LogP contribution is 2.28. The molecule has 120 valence electrons. The van der Waals surface area contributed by atoms with Crippen LogP contribution in [-0.4, -0.2) is 42.6 Å². The Labute approximate surface area is 131 Å². The Bertz CT molecular complexity index is 545. The average molecular weight is 304 g/mol. The molecule has 0 aromatic heterocycles. The van der Waals surface area contributed by atoms with Crippen LogP contribution in [0.3, 0.4) is 0 Å². The number of nitrogens with zero attached hydrogens (tertiary/aromatic N) is 1. The van der Waals surface area contributed by atoms with Gasteiger partial charge < -0.3 is 21.1 Å². The topological polar surface area (TPSA) is 85.8 Å². The molecular formula is C16H24N4O2.